The highest BCUT2D eigenvalue weighted by Crippen LogP contribution is 2.52. The van der Waals surface area contributed by atoms with Gasteiger partial charge in [0.1, 0.15) is 5.52 Å². The molecule has 0 amide bonds. The number of halogens is 1. The minimum atomic E-state index is 0.0888. The normalized spacial score (nSPS) is 29.5. The highest BCUT2D eigenvalue weighted by Gasteiger charge is 2.45. The number of methoxy groups -OCH3 is 1. The standard InChI is InChI=1S/C19H22ClN3O/c1-24-16-3-2-15-17(23-16)13(14(20)12-22-15)4-5-18-6-9-19(21,10-7-18)11-8-18/h2-5,12H,6-11,21H2,1H3. The maximum Gasteiger partial charge on any atom is 0.213 e. The van der Waals surface area contributed by atoms with Gasteiger partial charge in [0.05, 0.1) is 17.6 Å². The molecule has 3 aliphatic carbocycles. The van der Waals surface area contributed by atoms with E-state index in [-0.39, 0.29) is 11.0 Å². The fourth-order valence-corrected chi connectivity index (χ4v) is 4.27. The Balaban J connectivity index is 1.72. The summed E-state index contributed by atoms with van der Waals surface area (Å²) in [6, 6.07) is 3.73. The van der Waals surface area contributed by atoms with E-state index in [1.165, 1.54) is 0 Å². The Morgan fingerprint density at radius 1 is 1.17 bits per heavy atom. The van der Waals surface area contributed by atoms with Crippen LogP contribution in [-0.4, -0.2) is 22.6 Å². The number of nitrogens with two attached hydrogens (primary N) is 1. The van der Waals surface area contributed by atoms with Gasteiger partial charge in [0.25, 0.3) is 0 Å². The predicted molar refractivity (Wildman–Crippen MR) is 97.2 cm³/mol. The molecule has 3 aliphatic rings. The van der Waals surface area contributed by atoms with E-state index in [9.17, 15) is 0 Å². The summed E-state index contributed by atoms with van der Waals surface area (Å²) in [6.07, 6.45) is 13.0. The molecule has 2 N–H and O–H groups in total. The van der Waals surface area contributed by atoms with E-state index >= 15 is 0 Å². The number of allylic oxidation sites excluding steroid dienone is 1. The lowest BCUT2D eigenvalue weighted by molar-refractivity contribution is 0.0850. The summed E-state index contributed by atoms with van der Waals surface area (Å²) in [4.78, 5) is 8.91. The summed E-state index contributed by atoms with van der Waals surface area (Å²) in [5.74, 6) is 0.572. The molecule has 0 aliphatic heterocycles. The fourth-order valence-electron chi connectivity index (χ4n) is 4.07. The Bertz CT molecular complexity index is 793. The predicted octanol–water partition coefficient (Wildman–Crippen LogP) is 4.36. The minimum absolute atomic E-state index is 0.0888. The van der Waals surface area contributed by atoms with Gasteiger partial charge in [-0.05, 0) is 50.0 Å². The zero-order chi connectivity index (χ0) is 16.8. The molecular weight excluding hydrogens is 322 g/mol. The minimum Gasteiger partial charge on any atom is -0.481 e. The first-order chi connectivity index (χ1) is 11.5. The molecule has 24 heavy (non-hydrogen) atoms. The Morgan fingerprint density at radius 2 is 1.88 bits per heavy atom. The van der Waals surface area contributed by atoms with Gasteiger partial charge in [-0.3, -0.25) is 4.98 Å². The molecule has 0 saturated heterocycles. The molecule has 3 fully saturated rings. The van der Waals surface area contributed by atoms with Crippen LogP contribution in [0.3, 0.4) is 0 Å². The van der Waals surface area contributed by atoms with E-state index in [2.05, 4.69) is 22.1 Å². The first-order valence-corrected chi connectivity index (χ1v) is 8.88. The molecule has 4 nitrogen and oxygen atoms in total. The van der Waals surface area contributed by atoms with E-state index < -0.39 is 0 Å². The van der Waals surface area contributed by atoms with Gasteiger partial charge in [0.15, 0.2) is 0 Å². The van der Waals surface area contributed by atoms with E-state index in [1.807, 2.05) is 12.1 Å². The quantitative estimate of drug-likeness (QED) is 0.899. The molecule has 0 aromatic carbocycles. The first kappa shape index (κ1) is 15.9. The zero-order valence-electron chi connectivity index (χ0n) is 13.9. The second kappa shape index (κ2) is 5.71. The van der Waals surface area contributed by atoms with E-state index in [0.717, 1.165) is 55.1 Å². The number of hydrogen-bond acceptors (Lipinski definition) is 4. The van der Waals surface area contributed by atoms with Gasteiger partial charge in [-0.2, -0.15) is 0 Å². The molecule has 0 atom stereocenters. The molecule has 3 saturated carbocycles. The second-order valence-corrected chi connectivity index (χ2v) is 7.71. The number of aromatic nitrogens is 2. The number of hydrogen-bond donors (Lipinski definition) is 1. The van der Waals surface area contributed by atoms with Crippen molar-refractivity contribution in [1.82, 2.24) is 9.97 Å². The molecule has 0 unspecified atom stereocenters. The molecule has 2 heterocycles. The molecule has 2 aromatic rings. The van der Waals surface area contributed by atoms with Crippen LogP contribution in [0, 0.1) is 5.41 Å². The van der Waals surface area contributed by atoms with Crippen LogP contribution in [0.15, 0.2) is 24.4 Å². The summed E-state index contributed by atoms with van der Waals surface area (Å²) in [6.45, 7) is 0. The van der Waals surface area contributed by atoms with Crippen LogP contribution >= 0.6 is 11.6 Å². The van der Waals surface area contributed by atoms with E-state index in [4.69, 9.17) is 22.1 Å². The maximum absolute atomic E-state index is 6.42. The van der Waals surface area contributed by atoms with Crippen molar-refractivity contribution in [2.24, 2.45) is 11.1 Å². The molecular formula is C19H22ClN3O. The first-order valence-electron chi connectivity index (χ1n) is 8.50. The van der Waals surface area contributed by atoms with Gasteiger partial charge in [-0.1, -0.05) is 23.8 Å². The van der Waals surface area contributed by atoms with Crippen molar-refractivity contribution < 1.29 is 4.74 Å². The highest BCUT2D eigenvalue weighted by molar-refractivity contribution is 6.32. The lowest BCUT2D eigenvalue weighted by atomic mass is 9.57. The Hall–Kier alpha value is -1.65. The average Bonchev–Trinajstić information content (AvgIpc) is 2.62. The highest BCUT2D eigenvalue weighted by atomic mass is 35.5. The Kier molecular flexibility index (Phi) is 3.77. The molecule has 126 valence electrons. The number of ether oxygens (including phenoxy) is 1. The number of nitrogens with zero attached hydrogens (tertiary/aromatic N) is 2. The molecule has 5 rings (SSSR count). The molecule has 0 spiro atoms. The van der Waals surface area contributed by atoms with Gasteiger partial charge in [0.2, 0.25) is 5.88 Å². The number of fused-ring (bicyclic) bond motifs is 4. The number of rotatable bonds is 3. The average molecular weight is 344 g/mol. The van der Waals surface area contributed by atoms with Crippen LogP contribution in [0.2, 0.25) is 5.02 Å². The van der Waals surface area contributed by atoms with Crippen molar-refractivity contribution in [2.75, 3.05) is 7.11 Å². The lowest BCUT2D eigenvalue weighted by Gasteiger charge is -2.50. The van der Waals surface area contributed by atoms with Crippen LogP contribution in [0.1, 0.15) is 44.1 Å². The van der Waals surface area contributed by atoms with Gasteiger partial charge in [-0.25, -0.2) is 4.98 Å². The summed E-state index contributed by atoms with van der Waals surface area (Å²) in [5, 5.41) is 0.621. The van der Waals surface area contributed by atoms with Crippen molar-refractivity contribution in [2.45, 2.75) is 44.1 Å². The van der Waals surface area contributed by atoms with Crippen LogP contribution in [0.25, 0.3) is 17.1 Å². The van der Waals surface area contributed by atoms with Crippen LogP contribution in [0.4, 0.5) is 0 Å². The van der Waals surface area contributed by atoms with Crippen LogP contribution in [0.5, 0.6) is 5.88 Å². The summed E-state index contributed by atoms with van der Waals surface area (Å²) in [5.41, 5.74) is 9.30. The molecule has 2 aromatic heterocycles. The van der Waals surface area contributed by atoms with Gasteiger partial charge in [0, 0.05) is 23.4 Å². The SMILES string of the molecule is COc1ccc2ncc(Cl)c(C=CC34CCC(N)(CC3)CC4)c2n1. The third-order valence-electron chi connectivity index (χ3n) is 5.85. The van der Waals surface area contributed by atoms with Crippen molar-refractivity contribution in [1.29, 1.82) is 0 Å². The number of pyridine rings is 2. The molecule has 5 heteroatoms. The monoisotopic (exact) mass is 343 g/mol. The van der Waals surface area contributed by atoms with Gasteiger partial charge >= 0.3 is 0 Å². The van der Waals surface area contributed by atoms with Crippen molar-refractivity contribution in [3.05, 3.63) is 35.0 Å². The summed E-state index contributed by atoms with van der Waals surface area (Å²) >= 11 is 6.42. The molecule has 0 radical (unpaired) electrons. The smallest absolute Gasteiger partial charge is 0.213 e. The van der Waals surface area contributed by atoms with E-state index in [0.29, 0.717) is 10.9 Å². The van der Waals surface area contributed by atoms with E-state index in [1.54, 1.807) is 13.3 Å². The second-order valence-electron chi connectivity index (χ2n) is 7.30. The van der Waals surface area contributed by atoms with Gasteiger partial charge < -0.3 is 10.5 Å². The van der Waals surface area contributed by atoms with Crippen molar-refractivity contribution in [3.63, 3.8) is 0 Å². The van der Waals surface area contributed by atoms with Crippen molar-refractivity contribution >= 4 is 28.7 Å². The summed E-state index contributed by atoms with van der Waals surface area (Å²) < 4.78 is 5.25. The Morgan fingerprint density at radius 3 is 2.54 bits per heavy atom. The third kappa shape index (κ3) is 2.68. The van der Waals surface area contributed by atoms with Crippen molar-refractivity contribution in [3.8, 4) is 5.88 Å². The molecule has 2 bridgehead atoms. The van der Waals surface area contributed by atoms with Crippen LogP contribution in [-0.2, 0) is 0 Å². The topological polar surface area (TPSA) is 61.0 Å². The third-order valence-corrected chi connectivity index (χ3v) is 6.15. The lowest BCUT2D eigenvalue weighted by Crippen LogP contribution is -2.51. The maximum atomic E-state index is 6.42. The Labute approximate surface area is 147 Å². The fraction of sp³-hybridized carbons (Fsp3) is 0.474. The van der Waals surface area contributed by atoms with Crippen LogP contribution < -0.4 is 10.5 Å². The largest absolute Gasteiger partial charge is 0.481 e. The van der Waals surface area contributed by atoms with Gasteiger partial charge in [-0.15, -0.1) is 0 Å². The zero-order valence-corrected chi connectivity index (χ0v) is 14.6. The summed E-state index contributed by atoms with van der Waals surface area (Å²) in [7, 11) is 1.61.